The summed E-state index contributed by atoms with van der Waals surface area (Å²) in [5.41, 5.74) is -0.599. The normalized spacial score (nSPS) is 26.7. The van der Waals surface area contributed by atoms with Crippen molar-refractivity contribution in [1.29, 1.82) is 0 Å². The van der Waals surface area contributed by atoms with Gasteiger partial charge < -0.3 is 14.6 Å². The maximum atomic E-state index is 10.9. The molecule has 0 saturated carbocycles. The molecule has 0 aromatic rings. The summed E-state index contributed by atoms with van der Waals surface area (Å²) in [6.45, 7) is 10.1. The van der Waals surface area contributed by atoms with E-state index >= 15 is 0 Å². The molecule has 1 aliphatic heterocycles. The van der Waals surface area contributed by atoms with Gasteiger partial charge in [0.2, 0.25) is 0 Å². The number of ether oxygens (including phenoxy) is 1. The van der Waals surface area contributed by atoms with Crippen molar-refractivity contribution >= 4 is 6.29 Å². The maximum absolute atomic E-state index is 10.9. The van der Waals surface area contributed by atoms with Crippen LogP contribution < -0.4 is 0 Å². The minimum absolute atomic E-state index is 0.0292. The van der Waals surface area contributed by atoms with Crippen LogP contribution in [0.4, 0.5) is 0 Å². The van der Waals surface area contributed by atoms with Gasteiger partial charge in [0.1, 0.15) is 6.29 Å². The quantitative estimate of drug-likeness (QED) is 0.720. The van der Waals surface area contributed by atoms with Crippen LogP contribution in [-0.4, -0.2) is 54.2 Å². The van der Waals surface area contributed by atoms with Crippen molar-refractivity contribution in [2.75, 3.05) is 26.2 Å². The van der Waals surface area contributed by atoms with E-state index in [1.807, 2.05) is 27.7 Å². The number of morpholine rings is 1. The first kappa shape index (κ1) is 13.6. The average Bonchev–Trinajstić information content (AvgIpc) is 2.14. The number of nitrogens with zero attached hydrogens (tertiary/aromatic N) is 1. The Balaban J connectivity index is 2.63. The third-order valence-corrected chi connectivity index (χ3v) is 2.71. The molecule has 0 aromatic carbocycles. The van der Waals surface area contributed by atoms with E-state index in [9.17, 15) is 9.90 Å². The Morgan fingerprint density at radius 3 is 2.69 bits per heavy atom. The first-order chi connectivity index (χ1) is 7.28. The molecule has 1 heterocycles. The average molecular weight is 229 g/mol. The lowest BCUT2D eigenvalue weighted by Gasteiger charge is -2.44. The van der Waals surface area contributed by atoms with Crippen LogP contribution in [-0.2, 0) is 9.53 Å². The van der Waals surface area contributed by atoms with Gasteiger partial charge in [-0.3, -0.25) is 4.90 Å². The summed E-state index contributed by atoms with van der Waals surface area (Å²) in [5, 5.41) is 9.18. The summed E-state index contributed by atoms with van der Waals surface area (Å²) in [5.74, 6) is 0. The van der Waals surface area contributed by atoms with Gasteiger partial charge in [0.25, 0.3) is 0 Å². The molecule has 1 fully saturated rings. The van der Waals surface area contributed by atoms with Crippen LogP contribution in [0.15, 0.2) is 0 Å². The molecular formula is C12H23NO3. The number of hydrogen-bond acceptors (Lipinski definition) is 4. The van der Waals surface area contributed by atoms with Crippen LogP contribution in [0.5, 0.6) is 0 Å². The van der Waals surface area contributed by atoms with Gasteiger partial charge in [0, 0.05) is 25.0 Å². The Morgan fingerprint density at radius 1 is 1.56 bits per heavy atom. The topological polar surface area (TPSA) is 49.8 Å². The number of carbonyl (C=O) groups is 1. The lowest BCUT2D eigenvalue weighted by atomic mass is 9.93. The van der Waals surface area contributed by atoms with E-state index in [0.29, 0.717) is 13.1 Å². The zero-order valence-electron chi connectivity index (χ0n) is 10.7. The van der Waals surface area contributed by atoms with Crippen molar-refractivity contribution in [1.82, 2.24) is 4.90 Å². The van der Waals surface area contributed by atoms with Gasteiger partial charge in [-0.15, -0.1) is 0 Å². The summed E-state index contributed by atoms with van der Waals surface area (Å²) in [4.78, 5) is 13.1. The number of hydrogen-bond donors (Lipinski definition) is 1. The van der Waals surface area contributed by atoms with Gasteiger partial charge in [-0.1, -0.05) is 13.8 Å². The van der Waals surface area contributed by atoms with Crippen LogP contribution >= 0.6 is 0 Å². The number of aldehydes is 1. The molecule has 1 atom stereocenters. The summed E-state index contributed by atoms with van der Waals surface area (Å²) < 4.78 is 5.72. The zero-order valence-corrected chi connectivity index (χ0v) is 10.7. The summed E-state index contributed by atoms with van der Waals surface area (Å²) in [6, 6.07) is 0. The maximum Gasteiger partial charge on any atom is 0.126 e. The molecule has 1 aliphatic rings. The van der Waals surface area contributed by atoms with Crippen LogP contribution in [0.2, 0.25) is 0 Å². The molecule has 0 spiro atoms. The Kier molecular flexibility index (Phi) is 4.10. The summed E-state index contributed by atoms with van der Waals surface area (Å²) in [7, 11) is 0. The molecule has 1 rings (SSSR count). The summed E-state index contributed by atoms with van der Waals surface area (Å²) >= 11 is 0. The third-order valence-electron chi connectivity index (χ3n) is 2.71. The molecule has 0 aromatic heterocycles. The molecule has 0 bridgehead atoms. The van der Waals surface area contributed by atoms with Crippen molar-refractivity contribution < 1.29 is 14.6 Å². The van der Waals surface area contributed by atoms with Gasteiger partial charge in [-0.25, -0.2) is 0 Å². The standard InChI is InChI=1S/C12H23NO3/c1-11(2,9-15)7-13-5-10(6-14)16-12(3,4)8-13/h9-10,14H,5-8H2,1-4H3. The molecule has 16 heavy (non-hydrogen) atoms. The zero-order chi connectivity index (χ0) is 12.4. The van der Waals surface area contributed by atoms with Crippen molar-refractivity contribution in [2.24, 2.45) is 5.41 Å². The number of rotatable bonds is 4. The third kappa shape index (κ3) is 3.85. The molecule has 4 nitrogen and oxygen atoms in total. The Labute approximate surface area is 97.6 Å². The highest BCUT2D eigenvalue weighted by molar-refractivity contribution is 5.58. The van der Waals surface area contributed by atoms with E-state index < -0.39 is 0 Å². The van der Waals surface area contributed by atoms with Gasteiger partial charge in [-0.05, 0) is 13.8 Å². The van der Waals surface area contributed by atoms with Gasteiger partial charge >= 0.3 is 0 Å². The highest BCUT2D eigenvalue weighted by atomic mass is 16.5. The second-order valence-corrected chi connectivity index (χ2v) is 5.96. The molecule has 1 saturated heterocycles. The van der Waals surface area contributed by atoms with E-state index in [1.54, 1.807) is 0 Å². The Morgan fingerprint density at radius 2 is 2.19 bits per heavy atom. The summed E-state index contributed by atoms with van der Waals surface area (Å²) in [6.07, 6.45) is 0.842. The van der Waals surface area contributed by atoms with Crippen molar-refractivity contribution in [3.63, 3.8) is 0 Å². The van der Waals surface area contributed by atoms with Gasteiger partial charge in [-0.2, -0.15) is 0 Å². The fraction of sp³-hybridized carbons (Fsp3) is 0.917. The van der Waals surface area contributed by atoms with E-state index in [1.165, 1.54) is 0 Å². The van der Waals surface area contributed by atoms with E-state index in [0.717, 1.165) is 12.8 Å². The van der Waals surface area contributed by atoms with Gasteiger partial charge in [0.05, 0.1) is 18.3 Å². The molecule has 0 radical (unpaired) electrons. The van der Waals surface area contributed by atoms with Crippen LogP contribution in [0.3, 0.4) is 0 Å². The highest BCUT2D eigenvalue weighted by Crippen LogP contribution is 2.23. The second kappa shape index (κ2) is 4.82. The smallest absolute Gasteiger partial charge is 0.126 e. The number of carbonyl (C=O) groups excluding carboxylic acids is 1. The highest BCUT2D eigenvalue weighted by Gasteiger charge is 2.35. The molecule has 1 unspecified atom stereocenters. The fourth-order valence-electron chi connectivity index (χ4n) is 2.25. The molecular weight excluding hydrogens is 206 g/mol. The van der Waals surface area contributed by atoms with Crippen molar-refractivity contribution in [2.45, 2.75) is 39.4 Å². The van der Waals surface area contributed by atoms with E-state index in [4.69, 9.17) is 4.74 Å². The van der Waals surface area contributed by atoms with Crippen LogP contribution in [0.25, 0.3) is 0 Å². The monoisotopic (exact) mass is 229 g/mol. The Bertz CT molecular complexity index is 251. The lowest BCUT2D eigenvalue weighted by Crippen LogP contribution is -2.55. The predicted octanol–water partition coefficient (Wildman–Crippen LogP) is 0.683. The van der Waals surface area contributed by atoms with E-state index in [2.05, 4.69) is 4.90 Å². The molecule has 94 valence electrons. The molecule has 1 N–H and O–H groups in total. The predicted molar refractivity (Wildman–Crippen MR) is 62.3 cm³/mol. The minimum atomic E-state index is -0.340. The first-order valence-electron chi connectivity index (χ1n) is 5.75. The van der Waals surface area contributed by atoms with Crippen molar-refractivity contribution in [3.8, 4) is 0 Å². The number of aliphatic hydroxyl groups excluding tert-OH is 1. The SMILES string of the molecule is CC(C)(C=O)CN1CC(CO)OC(C)(C)C1. The second-order valence-electron chi connectivity index (χ2n) is 5.96. The molecule has 0 aliphatic carbocycles. The van der Waals surface area contributed by atoms with Crippen LogP contribution in [0.1, 0.15) is 27.7 Å². The number of aliphatic hydroxyl groups is 1. The lowest BCUT2D eigenvalue weighted by molar-refractivity contribution is -0.154. The van der Waals surface area contributed by atoms with Crippen molar-refractivity contribution in [3.05, 3.63) is 0 Å². The van der Waals surface area contributed by atoms with E-state index in [-0.39, 0.29) is 23.7 Å². The minimum Gasteiger partial charge on any atom is -0.394 e. The Hall–Kier alpha value is -0.450. The molecule has 0 amide bonds. The van der Waals surface area contributed by atoms with Crippen LogP contribution in [0, 0.1) is 5.41 Å². The fourth-order valence-corrected chi connectivity index (χ4v) is 2.25. The van der Waals surface area contributed by atoms with Gasteiger partial charge in [0.15, 0.2) is 0 Å². The first-order valence-corrected chi connectivity index (χ1v) is 5.75. The molecule has 4 heteroatoms. The largest absolute Gasteiger partial charge is 0.394 e.